The number of nitrogens with zero attached hydrogens (tertiary/aromatic N) is 1. The van der Waals surface area contributed by atoms with Crippen LogP contribution in [0, 0.1) is 6.92 Å². The van der Waals surface area contributed by atoms with E-state index in [0.717, 1.165) is 12.1 Å². The van der Waals surface area contributed by atoms with E-state index in [0.29, 0.717) is 10.3 Å². The van der Waals surface area contributed by atoms with Crippen molar-refractivity contribution in [3.8, 4) is 0 Å². The van der Waals surface area contributed by atoms with Gasteiger partial charge in [0.2, 0.25) is 0 Å². The Bertz CT molecular complexity index is 222. The molecule has 1 rings (SSSR count). The fraction of sp³-hybridized carbons (Fsp3) is 0.500. The maximum Gasteiger partial charge on any atom is 0.184 e. The van der Waals surface area contributed by atoms with Gasteiger partial charge in [0.25, 0.3) is 0 Å². The first-order valence-corrected chi connectivity index (χ1v) is 4.64. The van der Waals surface area contributed by atoms with Gasteiger partial charge in [-0.25, -0.2) is 4.98 Å². The molecule has 0 aliphatic carbocycles. The van der Waals surface area contributed by atoms with E-state index in [1.807, 2.05) is 6.92 Å². The van der Waals surface area contributed by atoms with Gasteiger partial charge < -0.3 is 0 Å². The lowest BCUT2D eigenvalue weighted by Crippen LogP contribution is -1.83. The van der Waals surface area contributed by atoms with Crippen molar-refractivity contribution in [1.29, 1.82) is 0 Å². The smallest absolute Gasteiger partial charge is 0.184 e. The summed E-state index contributed by atoms with van der Waals surface area (Å²) in [5.74, 6) is 0.638. The molecule has 56 valence electrons. The third kappa shape index (κ3) is 1.84. The summed E-state index contributed by atoms with van der Waals surface area (Å²) in [7, 11) is 0. The topological polar surface area (TPSA) is 12.9 Å². The summed E-state index contributed by atoms with van der Waals surface area (Å²) in [5, 5.41) is 0. The fourth-order valence-corrected chi connectivity index (χ4v) is 2.20. The maximum atomic E-state index is 5.67. The van der Waals surface area contributed by atoms with Crippen LogP contribution in [0.2, 0.25) is 4.47 Å². The third-order valence-corrected chi connectivity index (χ3v) is 2.70. The first-order chi connectivity index (χ1) is 4.74. The van der Waals surface area contributed by atoms with E-state index in [1.165, 1.54) is 16.2 Å². The molecule has 1 aromatic heterocycles. The number of hydrogen-bond donors (Lipinski definition) is 0. The minimum absolute atomic E-state index is 0.609. The predicted molar refractivity (Wildman–Crippen MR) is 46.3 cm³/mol. The Morgan fingerprint density at radius 1 is 1.60 bits per heavy atom. The highest BCUT2D eigenvalue weighted by Crippen LogP contribution is 2.22. The van der Waals surface area contributed by atoms with E-state index in [1.54, 1.807) is 0 Å². The first kappa shape index (κ1) is 8.31. The molecule has 0 saturated heterocycles. The second-order valence-corrected chi connectivity index (χ2v) is 3.96. The van der Waals surface area contributed by atoms with Gasteiger partial charge in [-0.2, -0.15) is 0 Å². The molecule has 1 heterocycles. The van der Waals surface area contributed by atoms with Crippen LogP contribution in [0.3, 0.4) is 0 Å². The SMILES string of the molecule is Cc1nc(Cl)sc1CCCl. The van der Waals surface area contributed by atoms with Crippen molar-refractivity contribution in [2.24, 2.45) is 0 Å². The van der Waals surface area contributed by atoms with Gasteiger partial charge in [0, 0.05) is 10.8 Å². The highest BCUT2D eigenvalue weighted by Gasteiger charge is 2.03. The van der Waals surface area contributed by atoms with Crippen molar-refractivity contribution in [2.45, 2.75) is 13.3 Å². The standard InChI is InChI=1S/C6H7Cl2NS/c1-4-5(2-3-7)10-6(8)9-4/h2-3H2,1H3. The highest BCUT2D eigenvalue weighted by atomic mass is 35.5. The van der Waals surface area contributed by atoms with Crippen LogP contribution in [0.25, 0.3) is 0 Å². The van der Waals surface area contributed by atoms with Crippen molar-refractivity contribution in [3.63, 3.8) is 0 Å². The molecule has 0 amide bonds. The zero-order chi connectivity index (χ0) is 7.56. The molecule has 0 aromatic carbocycles. The van der Waals surface area contributed by atoms with E-state index in [9.17, 15) is 0 Å². The maximum absolute atomic E-state index is 5.67. The van der Waals surface area contributed by atoms with Crippen LogP contribution < -0.4 is 0 Å². The van der Waals surface area contributed by atoms with Crippen LogP contribution in [0.1, 0.15) is 10.6 Å². The van der Waals surface area contributed by atoms with Gasteiger partial charge in [0.1, 0.15) is 0 Å². The molecule has 0 spiro atoms. The number of alkyl halides is 1. The van der Waals surface area contributed by atoms with Crippen molar-refractivity contribution >= 4 is 34.5 Å². The van der Waals surface area contributed by atoms with Crippen molar-refractivity contribution in [3.05, 3.63) is 15.0 Å². The molecule has 1 aromatic rings. The van der Waals surface area contributed by atoms with Gasteiger partial charge in [0.05, 0.1) is 5.69 Å². The van der Waals surface area contributed by atoms with Gasteiger partial charge in [-0.05, 0) is 13.3 Å². The second-order valence-electron chi connectivity index (χ2n) is 1.91. The lowest BCUT2D eigenvalue weighted by Gasteiger charge is -1.89. The minimum Gasteiger partial charge on any atom is -0.230 e. The number of aryl methyl sites for hydroxylation is 2. The summed E-state index contributed by atoms with van der Waals surface area (Å²) >= 11 is 12.7. The Morgan fingerprint density at radius 2 is 2.30 bits per heavy atom. The van der Waals surface area contributed by atoms with Gasteiger partial charge in [-0.1, -0.05) is 11.6 Å². The first-order valence-electron chi connectivity index (χ1n) is 2.92. The molecule has 0 N–H and O–H groups in total. The van der Waals surface area contributed by atoms with Crippen LogP contribution in [-0.4, -0.2) is 10.9 Å². The van der Waals surface area contributed by atoms with Crippen LogP contribution in [0.4, 0.5) is 0 Å². The number of thiazole rings is 1. The summed E-state index contributed by atoms with van der Waals surface area (Å²) in [6, 6.07) is 0. The zero-order valence-electron chi connectivity index (χ0n) is 5.53. The Morgan fingerprint density at radius 3 is 2.70 bits per heavy atom. The van der Waals surface area contributed by atoms with Crippen molar-refractivity contribution < 1.29 is 0 Å². The number of rotatable bonds is 2. The lowest BCUT2D eigenvalue weighted by molar-refractivity contribution is 1.12. The summed E-state index contributed by atoms with van der Waals surface area (Å²) in [6.45, 7) is 1.95. The summed E-state index contributed by atoms with van der Waals surface area (Å²) in [4.78, 5) is 5.25. The van der Waals surface area contributed by atoms with E-state index in [4.69, 9.17) is 23.2 Å². The fourth-order valence-electron chi connectivity index (χ4n) is 0.710. The molecule has 0 atom stereocenters. The van der Waals surface area contributed by atoms with Gasteiger partial charge >= 0.3 is 0 Å². The number of aromatic nitrogens is 1. The third-order valence-electron chi connectivity index (χ3n) is 1.19. The number of hydrogen-bond acceptors (Lipinski definition) is 2. The Balaban J connectivity index is 2.81. The van der Waals surface area contributed by atoms with E-state index in [-0.39, 0.29) is 0 Å². The van der Waals surface area contributed by atoms with Crippen LogP contribution in [0.5, 0.6) is 0 Å². The van der Waals surface area contributed by atoms with Crippen molar-refractivity contribution in [2.75, 3.05) is 5.88 Å². The minimum atomic E-state index is 0.609. The molecule has 0 aliphatic heterocycles. The zero-order valence-corrected chi connectivity index (χ0v) is 7.85. The molecule has 0 saturated carbocycles. The highest BCUT2D eigenvalue weighted by molar-refractivity contribution is 7.15. The van der Waals surface area contributed by atoms with E-state index in [2.05, 4.69) is 4.98 Å². The molecule has 10 heavy (non-hydrogen) atoms. The Kier molecular flexibility index (Phi) is 2.96. The molecular formula is C6H7Cl2NS. The Hall–Kier alpha value is 0.210. The average Bonchev–Trinajstić information content (AvgIpc) is 2.13. The molecule has 0 bridgehead atoms. The molecule has 0 aliphatic rings. The predicted octanol–water partition coefficient (Wildman–Crippen LogP) is 2.89. The summed E-state index contributed by atoms with van der Waals surface area (Å²) < 4.78 is 0.609. The van der Waals surface area contributed by atoms with Crippen LogP contribution in [-0.2, 0) is 6.42 Å². The molecule has 4 heteroatoms. The van der Waals surface area contributed by atoms with E-state index < -0.39 is 0 Å². The van der Waals surface area contributed by atoms with Crippen LogP contribution in [0.15, 0.2) is 0 Å². The molecular weight excluding hydrogens is 189 g/mol. The number of halogens is 2. The lowest BCUT2D eigenvalue weighted by atomic mass is 10.3. The molecule has 0 fully saturated rings. The summed E-state index contributed by atoms with van der Waals surface area (Å²) in [5.41, 5.74) is 1.01. The average molecular weight is 196 g/mol. The second kappa shape index (κ2) is 3.56. The Labute approximate surface area is 74.0 Å². The summed E-state index contributed by atoms with van der Waals surface area (Å²) in [6.07, 6.45) is 0.873. The van der Waals surface area contributed by atoms with Crippen LogP contribution >= 0.6 is 34.5 Å². The normalized spacial score (nSPS) is 10.3. The monoisotopic (exact) mass is 195 g/mol. The van der Waals surface area contributed by atoms with Gasteiger partial charge in [-0.15, -0.1) is 22.9 Å². The van der Waals surface area contributed by atoms with E-state index >= 15 is 0 Å². The largest absolute Gasteiger partial charge is 0.230 e. The molecule has 0 unspecified atom stereocenters. The van der Waals surface area contributed by atoms with Gasteiger partial charge in [0.15, 0.2) is 4.47 Å². The van der Waals surface area contributed by atoms with Gasteiger partial charge in [-0.3, -0.25) is 0 Å². The molecule has 1 nitrogen and oxygen atoms in total. The quantitative estimate of drug-likeness (QED) is 0.662. The van der Waals surface area contributed by atoms with Crippen molar-refractivity contribution in [1.82, 2.24) is 4.98 Å². The molecule has 0 radical (unpaired) electrons.